The first-order chi connectivity index (χ1) is 12.2. The molecular formula is C19H19N3O3. The van der Waals surface area contributed by atoms with Gasteiger partial charge >= 0.3 is 6.03 Å². The summed E-state index contributed by atoms with van der Waals surface area (Å²) in [6, 6.07) is 14.5. The van der Waals surface area contributed by atoms with Gasteiger partial charge in [0.1, 0.15) is 18.1 Å². The molecule has 2 amide bonds. The van der Waals surface area contributed by atoms with Crippen LogP contribution in [0.2, 0.25) is 0 Å². The SMILES string of the molecule is CN(Cc1ccco1)C(=O)Nc1ccc(OCc2cccnc2)cc1. The molecule has 0 unspecified atom stereocenters. The third kappa shape index (κ3) is 4.84. The van der Waals surface area contributed by atoms with E-state index < -0.39 is 0 Å². The van der Waals surface area contributed by atoms with E-state index >= 15 is 0 Å². The molecule has 1 N–H and O–H groups in total. The summed E-state index contributed by atoms with van der Waals surface area (Å²) in [4.78, 5) is 17.8. The number of hydrogen-bond donors (Lipinski definition) is 1. The van der Waals surface area contributed by atoms with E-state index in [9.17, 15) is 4.79 Å². The highest BCUT2D eigenvalue weighted by atomic mass is 16.5. The third-order valence-electron chi connectivity index (χ3n) is 3.55. The van der Waals surface area contributed by atoms with E-state index in [-0.39, 0.29) is 6.03 Å². The van der Waals surface area contributed by atoms with Crippen molar-refractivity contribution in [3.63, 3.8) is 0 Å². The van der Waals surface area contributed by atoms with E-state index in [0.717, 1.165) is 17.1 Å². The highest BCUT2D eigenvalue weighted by Crippen LogP contribution is 2.17. The number of urea groups is 1. The molecule has 25 heavy (non-hydrogen) atoms. The molecule has 1 aromatic carbocycles. The van der Waals surface area contributed by atoms with Crippen LogP contribution >= 0.6 is 0 Å². The van der Waals surface area contributed by atoms with Crippen LogP contribution in [0.5, 0.6) is 5.75 Å². The molecule has 0 saturated heterocycles. The number of pyridine rings is 1. The minimum atomic E-state index is -0.208. The van der Waals surface area contributed by atoms with E-state index in [1.165, 1.54) is 0 Å². The largest absolute Gasteiger partial charge is 0.489 e. The van der Waals surface area contributed by atoms with Gasteiger partial charge < -0.3 is 19.4 Å². The van der Waals surface area contributed by atoms with E-state index in [0.29, 0.717) is 18.8 Å². The Balaban J connectivity index is 1.50. The van der Waals surface area contributed by atoms with Gasteiger partial charge in [-0.05, 0) is 42.5 Å². The van der Waals surface area contributed by atoms with Gasteiger partial charge in [0.2, 0.25) is 0 Å². The first-order valence-electron chi connectivity index (χ1n) is 7.87. The second-order valence-corrected chi connectivity index (χ2v) is 5.54. The fourth-order valence-corrected chi connectivity index (χ4v) is 2.21. The Bertz CT molecular complexity index is 787. The predicted molar refractivity (Wildman–Crippen MR) is 94.2 cm³/mol. The molecule has 2 aromatic heterocycles. The summed E-state index contributed by atoms with van der Waals surface area (Å²) < 4.78 is 10.9. The van der Waals surface area contributed by atoms with E-state index in [2.05, 4.69) is 10.3 Å². The molecule has 0 aliphatic heterocycles. The van der Waals surface area contributed by atoms with Crippen LogP contribution in [0.4, 0.5) is 10.5 Å². The molecule has 0 aliphatic rings. The molecule has 0 aliphatic carbocycles. The number of aromatic nitrogens is 1. The Morgan fingerprint density at radius 1 is 1.20 bits per heavy atom. The van der Waals surface area contributed by atoms with E-state index in [4.69, 9.17) is 9.15 Å². The van der Waals surface area contributed by atoms with Gasteiger partial charge in [-0.15, -0.1) is 0 Å². The van der Waals surface area contributed by atoms with Crippen molar-refractivity contribution in [2.24, 2.45) is 0 Å². The van der Waals surface area contributed by atoms with Crippen LogP contribution in [0, 0.1) is 0 Å². The number of nitrogens with zero attached hydrogens (tertiary/aromatic N) is 2. The van der Waals surface area contributed by atoms with Gasteiger partial charge in [0.15, 0.2) is 0 Å². The average molecular weight is 337 g/mol. The first kappa shape index (κ1) is 16.6. The van der Waals surface area contributed by atoms with Gasteiger partial charge in [-0.25, -0.2) is 4.79 Å². The van der Waals surface area contributed by atoms with Crippen molar-refractivity contribution < 1.29 is 13.9 Å². The van der Waals surface area contributed by atoms with Crippen LogP contribution in [-0.4, -0.2) is 23.0 Å². The lowest BCUT2D eigenvalue weighted by Crippen LogP contribution is -2.30. The zero-order valence-electron chi connectivity index (χ0n) is 13.9. The van der Waals surface area contributed by atoms with Crippen molar-refractivity contribution in [3.05, 3.63) is 78.5 Å². The average Bonchev–Trinajstić information content (AvgIpc) is 3.15. The maximum atomic E-state index is 12.2. The van der Waals surface area contributed by atoms with Crippen molar-refractivity contribution in [1.82, 2.24) is 9.88 Å². The standard InChI is InChI=1S/C19H19N3O3/c1-22(13-18-5-3-11-24-18)19(23)21-16-6-8-17(9-7-16)25-14-15-4-2-10-20-12-15/h2-12H,13-14H2,1H3,(H,21,23). The van der Waals surface area contributed by atoms with Gasteiger partial charge in [0.25, 0.3) is 0 Å². The smallest absolute Gasteiger partial charge is 0.321 e. The van der Waals surface area contributed by atoms with Crippen LogP contribution in [0.3, 0.4) is 0 Å². The second kappa shape index (κ2) is 8.01. The summed E-state index contributed by atoms with van der Waals surface area (Å²) in [6.45, 7) is 0.858. The maximum absolute atomic E-state index is 12.2. The molecule has 0 radical (unpaired) electrons. The number of furan rings is 1. The third-order valence-corrected chi connectivity index (χ3v) is 3.55. The van der Waals surface area contributed by atoms with Crippen molar-refractivity contribution in [1.29, 1.82) is 0 Å². The molecule has 3 aromatic rings. The highest BCUT2D eigenvalue weighted by molar-refractivity contribution is 5.89. The summed E-state index contributed by atoms with van der Waals surface area (Å²) in [5.41, 5.74) is 1.70. The molecule has 2 heterocycles. The summed E-state index contributed by atoms with van der Waals surface area (Å²) in [7, 11) is 1.71. The number of hydrogen-bond acceptors (Lipinski definition) is 4. The fourth-order valence-electron chi connectivity index (χ4n) is 2.21. The predicted octanol–water partition coefficient (Wildman–Crippen LogP) is 3.92. The normalized spacial score (nSPS) is 10.3. The van der Waals surface area contributed by atoms with Crippen LogP contribution in [-0.2, 0) is 13.2 Å². The van der Waals surface area contributed by atoms with Gasteiger partial charge in [-0.1, -0.05) is 6.07 Å². The van der Waals surface area contributed by atoms with Gasteiger partial charge in [-0.3, -0.25) is 4.98 Å². The van der Waals surface area contributed by atoms with Crippen LogP contribution < -0.4 is 10.1 Å². The molecule has 6 heteroatoms. The zero-order valence-corrected chi connectivity index (χ0v) is 13.9. The first-order valence-corrected chi connectivity index (χ1v) is 7.87. The lowest BCUT2D eigenvalue weighted by molar-refractivity contribution is 0.217. The minimum absolute atomic E-state index is 0.208. The van der Waals surface area contributed by atoms with Gasteiger partial charge in [-0.2, -0.15) is 0 Å². The lowest BCUT2D eigenvalue weighted by Gasteiger charge is -2.16. The topological polar surface area (TPSA) is 67.6 Å². The Hall–Kier alpha value is -3.28. The molecule has 128 valence electrons. The van der Waals surface area contributed by atoms with Crippen LogP contribution in [0.15, 0.2) is 71.6 Å². The second-order valence-electron chi connectivity index (χ2n) is 5.54. The molecular weight excluding hydrogens is 318 g/mol. The Labute approximate surface area is 146 Å². The minimum Gasteiger partial charge on any atom is -0.489 e. The number of ether oxygens (including phenoxy) is 1. The highest BCUT2D eigenvalue weighted by Gasteiger charge is 2.10. The number of amides is 2. The Morgan fingerprint density at radius 3 is 2.72 bits per heavy atom. The van der Waals surface area contributed by atoms with Crippen molar-refractivity contribution in [2.45, 2.75) is 13.2 Å². The summed E-state index contributed by atoms with van der Waals surface area (Å²) in [6.07, 6.45) is 5.08. The van der Waals surface area contributed by atoms with E-state index in [1.54, 1.807) is 48.8 Å². The van der Waals surface area contributed by atoms with Crippen molar-refractivity contribution in [2.75, 3.05) is 12.4 Å². The molecule has 0 atom stereocenters. The Morgan fingerprint density at radius 2 is 2.04 bits per heavy atom. The molecule has 0 spiro atoms. The lowest BCUT2D eigenvalue weighted by atomic mass is 10.3. The van der Waals surface area contributed by atoms with Crippen LogP contribution in [0.1, 0.15) is 11.3 Å². The molecule has 3 rings (SSSR count). The Kier molecular flexibility index (Phi) is 5.31. The molecule has 6 nitrogen and oxygen atoms in total. The van der Waals surface area contributed by atoms with E-state index in [1.807, 2.05) is 30.3 Å². The number of benzene rings is 1. The molecule has 0 saturated carbocycles. The van der Waals surface area contributed by atoms with Gasteiger partial charge in [0.05, 0.1) is 12.8 Å². The van der Waals surface area contributed by atoms with Crippen molar-refractivity contribution in [3.8, 4) is 5.75 Å². The zero-order chi connectivity index (χ0) is 17.5. The van der Waals surface area contributed by atoms with Gasteiger partial charge in [0, 0.05) is 30.7 Å². The summed E-state index contributed by atoms with van der Waals surface area (Å²) >= 11 is 0. The number of carbonyl (C=O) groups is 1. The molecule has 0 fully saturated rings. The fraction of sp³-hybridized carbons (Fsp3) is 0.158. The quantitative estimate of drug-likeness (QED) is 0.740. The number of carbonyl (C=O) groups excluding carboxylic acids is 1. The number of nitrogens with one attached hydrogen (secondary N) is 1. The number of anilines is 1. The van der Waals surface area contributed by atoms with Crippen LogP contribution in [0.25, 0.3) is 0 Å². The number of rotatable bonds is 6. The van der Waals surface area contributed by atoms with Crippen molar-refractivity contribution >= 4 is 11.7 Å². The maximum Gasteiger partial charge on any atom is 0.321 e. The summed E-state index contributed by atoms with van der Waals surface area (Å²) in [5.74, 6) is 1.46. The summed E-state index contributed by atoms with van der Waals surface area (Å²) in [5, 5.41) is 2.83. The monoisotopic (exact) mass is 337 g/mol. The molecule has 0 bridgehead atoms.